The van der Waals surface area contributed by atoms with Crippen molar-refractivity contribution >= 4 is 5.91 Å². The van der Waals surface area contributed by atoms with Gasteiger partial charge in [-0.25, -0.2) is 0 Å². The monoisotopic (exact) mass is 279 g/mol. The molecular weight excluding hydrogens is 254 g/mol. The lowest BCUT2D eigenvalue weighted by Gasteiger charge is -2.27. The van der Waals surface area contributed by atoms with Gasteiger partial charge in [0.15, 0.2) is 0 Å². The fraction of sp³-hybridized carbons (Fsp3) is 0.533. The van der Waals surface area contributed by atoms with Crippen LogP contribution in [0.3, 0.4) is 0 Å². The molecule has 0 spiro atoms. The van der Waals surface area contributed by atoms with Gasteiger partial charge in [0.05, 0.1) is 13.2 Å². The van der Waals surface area contributed by atoms with Crippen molar-refractivity contribution in [2.24, 2.45) is 11.7 Å². The summed E-state index contributed by atoms with van der Waals surface area (Å²) in [6.07, 6.45) is 0. The number of rotatable bonds is 7. The number of amides is 1. The number of likely N-dealkylation sites (N-methyl/N-ethyl adjacent to an activating group) is 1. The maximum Gasteiger partial charge on any atom is 0.224 e. The highest BCUT2D eigenvalue weighted by Gasteiger charge is 2.20. The van der Waals surface area contributed by atoms with Crippen LogP contribution in [0.5, 0.6) is 5.75 Å². The van der Waals surface area contributed by atoms with Crippen molar-refractivity contribution in [3.05, 3.63) is 29.8 Å². The highest BCUT2D eigenvalue weighted by molar-refractivity contribution is 5.78. The normalized spacial score (nSPS) is 13.9. The van der Waals surface area contributed by atoms with E-state index in [0.29, 0.717) is 13.1 Å². The van der Waals surface area contributed by atoms with Crippen molar-refractivity contribution in [3.8, 4) is 5.75 Å². The van der Waals surface area contributed by atoms with E-state index in [0.717, 1.165) is 11.3 Å². The number of carbonyl (C=O) groups is 1. The molecule has 5 nitrogen and oxygen atoms in total. The topological polar surface area (TPSA) is 67.6 Å². The molecule has 112 valence electrons. The Morgan fingerprint density at radius 3 is 2.60 bits per heavy atom. The molecule has 1 rings (SSSR count). The summed E-state index contributed by atoms with van der Waals surface area (Å²) in [7, 11) is 5.62. The Morgan fingerprint density at radius 2 is 2.05 bits per heavy atom. The third-order valence-electron chi connectivity index (χ3n) is 3.39. The number of hydrogen-bond acceptors (Lipinski definition) is 4. The van der Waals surface area contributed by atoms with Crippen LogP contribution in [0.25, 0.3) is 0 Å². The predicted octanol–water partition coefficient (Wildman–Crippen LogP) is 1.01. The van der Waals surface area contributed by atoms with Gasteiger partial charge in [-0.2, -0.15) is 0 Å². The molecule has 0 aromatic heterocycles. The van der Waals surface area contributed by atoms with Crippen LogP contribution in [-0.2, 0) is 4.79 Å². The largest absolute Gasteiger partial charge is 0.496 e. The molecule has 2 unspecified atom stereocenters. The smallest absolute Gasteiger partial charge is 0.224 e. The van der Waals surface area contributed by atoms with E-state index in [-0.39, 0.29) is 17.9 Å². The van der Waals surface area contributed by atoms with Gasteiger partial charge in [-0.1, -0.05) is 25.1 Å². The Kier molecular flexibility index (Phi) is 6.48. The molecule has 0 aliphatic carbocycles. The zero-order valence-corrected chi connectivity index (χ0v) is 12.7. The van der Waals surface area contributed by atoms with Gasteiger partial charge in [-0.15, -0.1) is 0 Å². The maximum absolute atomic E-state index is 11.8. The Labute approximate surface area is 121 Å². The van der Waals surface area contributed by atoms with E-state index in [4.69, 9.17) is 10.5 Å². The van der Waals surface area contributed by atoms with E-state index < -0.39 is 0 Å². The van der Waals surface area contributed by atoms with Crippen LogP contribution in [-0.4, -0.2) is 45.1 Å². The van der Waals surface area contributed by atoms with Crippen molar-refractivity contribution in [1.82, 2.24) is 10.2 Å². The van der Waals surface area contributed by atoms with Crippen molar-refractivity contribution in [1.29, 1.82) is 0 Å². The van der Waals surface area contributed by atoms with Crippen LogP contribution in [0.1, 0.15) is 18.5 Å². The SMILES string of the molecule is COc1ccccc1C(CNC(=O)C(C)CN)N(C)C. The zero-order valence-electron chi connectivity index (χ0n) is 12.7. The van der Waals surface area contributed by atoms with E-state index in [2.05, 4.69) is 10.2 Å². The van der Waals surface area contributed by atoms with Gasteiger partial charge in [0.1, 0.15) is 5.75 Å². The van der Waals surface area contributed by atoms with Gasteiger partial charge in [-0.05, 0) is 20.2 Å². The molecule has 1 aromatic carbocycles. The summed E-state index contributed by atoms with van der Waals surface area (Å²) in [6, 6.07) is 7.90. The number of ether oxygens (including phenoxy) is 1. The van der Waals surface area contributed by atoms with E-state index in [9.17, 15) is 4.79 Å². The van der Waals surface area contributed by atoms with Crippen LogP contribution in [0.4, 0.5) is 0 Å². The van der Waals surface area contributed by atoms with Crippen LogP contribution >= 0.6 is 0 Å². The number of nitrogens with one attached hydrogen (secondary N) is 1. The van der Waals surface area contributed by atoms with Crippen LogP contribution in [0.2, 0.25) is 0 Å². The third-order valence-corrected chi connectivity index (χ3v) is 3.39. The number of para-hydroxylation sites is 1. The summed E-state index contributed by atoms with van der Waals surface area (Å²) < 4.78 is 5.39. The quantitative estimate of drug-likeness (QED) is 0.781. The first-order chi connectivity index (χ1) is 9.51. The standard InChI is InChI=1S/C15H25N3O2/c1-11(9-16)15(19)17-10-13(18(2)3)12-7-5-6-8-14(12)20-4/h5-8,11,13H,9-10,16H2,1-4H3,(H,17,19). The van der Waals surface area contributed by atoms with Crippen LogP contribution < -0.4 is 15.8 Å². The molecule has 0 radical (unpaired) electrons. The highest BCUT2D eigenvalue weighted by Crippen LogP contribution is 2.27. The van der Waals surface area contributed by atoms with Crippen molar-refractivity contribution in [2.75, 3.05) is 34.3 Å². The lowest BCUT2D eigenvalue weighted by molar-refractivity contribution is -0.124. The molecule has 0 fully saturated rings. The summed E-state index contributed by atoms with van der Waals surface area (Å²) in [6.45, 7) is 2.70. The third kappa shape index (κ3) is 4.21. The maximum atomic E-state index is 11.8. The molecular formula is C15H25N3O2. The molecule has 2 atom stereocenters. The van der Waals surface area contributed by atoms with Crippen LogP contribution in [0, 0.1) is 5.92 Å². The molecule has 1 amide bonds. The van der Waals surface area contributed by atoms with Gasteiger partial charge in [0, 0.05) is 24.6 Å². The second-order valence-electron chi connectivity index (χ2n) is 5.10. The molecule has 0 bridgehead atoms. The summed E-state index contributed by atoms with van der Waals surface area (Å²) in [5.41, 5.74) is 6.56. The van der Waals surface area contributed by atoms with Gasteiger partial charge in [-0.3, -0.25) is 4.79 Å². The number of nitrogens with two attached hydrogens (primary N) is 1. The lowest BCUT2D eigenvalue weighted by Crippen LogP contribution is -2.39. The second-order valence-corrected chi connectivity index (χ2v) is 5.10. The first kappa shape index (κ1) is 16.5. The Balaban J connectivity index is 2.82. The Morgan fingerprint density at radius 1 is 1.40 bits per heavy atom. The Hall–Kier alpha value is -1.59. The molecule has 0 saturated heterocycles. The number of carbonyl (C=O) groups excluding carboxylic acids is 1. The molecule has 0 aliphatic rings. The van der Waals surface area contributed by atoms with E-state index in [1.165, 1.54) is 0 Å². The lowest BCUT2D eigenvalue weighted by atomic mass is 10.0. The number of nitrogens with zero attached hydrogens (tertiary/aromatic N) is 1. The molecule has 1 aromatic rings. The fourth-order valence-corrected chi connectivity index (χ4v) is 1.99. The molecule has 5 heteroatoms. The molecule has 20 heavy (non-hydrogen) atoms. The average molecular weight is 279 g/mol. The first-order valence-corrected chi connectivity index (χ1v) is 6.78. The van der Waals surface area contributed by atoms with Crippen LogP contribution in [0.15, 0.2) is 24.3 Å². The van der Waals surface area contributed by atoms with Crippen molar-refractivity contribution in [2.45, 2.75) is 13.0 Å². The number of methoxy groups -OCH3 is 1. The first-order valence-electron chi connectivity index (χ1n) is 6.78. The average Bonchev–Trinajstić information content (AvgIpc) is 2.46. The minimum atomic E-state index is -0.171. The fourth-order valence-electron chi connectivity index (χ4n) is 1.99. The van der Waals surface area contributed by atoms with Gasteiger partial charge in [0.25, 0.3) is 0 Å². The van der Waals surface area contributed by atoms with E-state index >= 15 is 0 Å². The molecule has 0 aliphatic heterocycles. The summed E-state index contributed by atoms with van der Waals surface area (Å²) in [5, 5.41) is 2.95. The summed E-state index contributed by atoms with van der Waals surface area (Å²) >= 11 is 0. The van der Waals surface area contributed by atoms with E-state index in [1.54, 1.807) is 7.11 Å². The van der Waals surface area contributed by atoms with Crippen molar-refractivity contribution in [3.63, 3.8) is 0 Å². The minimum Gasteiger partial charge on any atom is -0.496 e. The molecule has 0 heterocycles. The van der Waals surface area contributed by atoms with Gasteiger partial charge >= 0.3 is 0 Å². The number of benzene rings is 1. The Bertz CT molecular complexity index is 435. The van der Waals surface area contributed by atoms with Crippen molar-refractivity contribution < 1.29 is 9.53 Å². The summed E-state index contributed by atoms with van der Waals surface area (Å²) in [4.78, 5) is 13.9. The summed E-state index contributed by atoms with van der Waals surface area (Å²) in [5.74, 6) is 0.636. The predicted molar refractivity (Wildman–Crippen MR) is 80.7 cm³/mol. The van der Waals surface area contributed by atoms with Gasteiger partial charge in [0.2, 0.25) is 5.91 Å². The molecule has 3 N–H and O–H groups in total. The second kappa shape index (κ2) is 7.87. The molecule has 0 saturated carbocycles. The number of hydrogen-bond donors (Lipinski definition) is 2. The van der Waals surface area contributed by atoms with E-state index in [1.807, 2.05) is 45.3 Å². The van der Waals surface area contributed by atoms with Gasteiger partial charge < -0.3 is 20.7 Å². The highest BCUT2D eigenvalue weighted by atomic mass is 16.5. The zero-order chi connectivity index (χ0) is 15.1. The minimum absolute atomic E-state index is 0.0192.